The number of benzene rings is 1. The van der Waals surface area contributed by atoms with E-state index in [2.05, 4.69) is 15.9 Å². The highest BCUT2D eigenvalue weighted by atomic mass is 35.5. The van der Waals surface area contributed by atoms with Gasteiger partial charge in [-0.25, -0.2) is 4.98 Å². The summed E-state index contributed by atoms with van der Waals surface area (Å²) in [5, 5.41) is 10.00. The van der Waals surface area contributed by atoms with E-state index in [-0.39, 0.29) is 33.7 Å². The minimum Gasteiger partial charge on any atom is -0.478 e. The standard InChI is InChI=1S/C15H9Cl2N3O2S/c1-3-4-22-13-10(16)5-8(6-11(13)17)12-9(7-18)14(21)20-15(19-12)23-2/h1,5-6H,4H2,2H3,(H,19,20,21). The van der Waals surface area contributed by atoms with Crippen LogP contribution in [0.1, 0.15) is 5.56 Å². The largest absolute Gasteiger partial charge is 0.478 e. The van der Waals surface area contributed by atoms with Crippen LogP contribution in [0.2, 0.25) is 10.0 Å². The molecule has 0 fully saturated rings. The van der Waals surface area contributed by atoms with Crippen LogP contribution in [0.3, 0.4) is 0 Å². The molecule has 5 nitrogen and oxygen atoms in total. The third-order valence-electron chi connectivity index (χ3n) is 2.77. The van der Waals surface area contributed by atoms with Crippen molar-refractivity contribution in [2.75, 3.05) is 12.9 Å². The fourth-order valence-electron chi connectivity index (χ4n) is 1.81. The summed E-state index contributed by atoms with van der Waals surface area (Å²) in [6.45, 7) is 0.0160. The second-order valence-electron chi connectivity index (χ2n) is 4.17. The SMILES string of the molecule is C#CCOc1c(Cl)cc(-c2nc(SC)[nH]c(=O)c2C#N)cc1Cl. The van der Waals surface area contributed by atoms with Crippen molar-refractivity contribution in [3.05, 3.63) is 38.1 Å². The zero-order valence-corrected chi connectivity index (χ0v) is 14.1. The molecule has 0 bridgehead atoms. The number of hydrogen-bond acceptors (Lipinski definition) is 5. The van der Waals surface area contributed by atoms with Gasteiger partial charge in [-0.15, -0.1) is 6.42 Å². The normalized spacial score (nSPS) is 9.96. The Morgan fingerprint density at radius 3 is 2.61 bits per heavy atom. The van der Waals surface area contributed by atoms with Crippen molar-refractivity contribution in [2.24, 2.45) is 0 Å². The third-order valence-corrected chi connectivity index (χ3v) is 3.92. The second kappa shape index (κ2) is 7.43. The summed E-state index contributed by atoms with van der Waals surface area (Å²) < 4.78 is 5.28. The molecule has 0 radical (unpaired) electrons. The van der Waals surface area contributed by atoms with Crippen molar-refractivity contribution in [1.82, 2.24) is 9.97 Å². The van der Waals surface area contributed by atoms with E-state index in [4.69, 9.17) is 34.4 Å². The van der Waals surface area contributed by atoms with Gasteiger partial charge in [-0.1, -0.05) is 40.9 Å². The number of terminal acetylenes is 1. The van der Waals surface area contributed by atoms with E-state index in [1.165, 1.54) is 23.9 Å². The molecular weight excluding hydrogens is 357 g/mol. The average molecular weight is 366 g/mol. The van der Waals surface area contributed by atoms with Crippen molar-refractivity contribution >= 4 is 35.0 Å². The summed E-state index contributed by atoms with van der Waals surface area (Å²) in [5.41, 5.74) is -0.00659. The number of ether oxygens (including phenoxy) is 1. The highest BCUT2D eigenvalue weighted by molar-refractivity contribution is 7.98. The highest BCUT2D eigenvalue weighted by Gasteiger charge is 2.17. The maximum Gasteiger partial charge on any atom is 0.270 e. The van der Waals surface area contributed by atoms with Gasteiger partial charge in [-0.3, -0.25) is 4.79 Å². The molecular formula is C15H9Cl2N3O2S. The van der Waals surface area contributed by atoms with E-state index in [1.54, 1.807) is 6.26 Å². The molecule has 0 spiro atoms. The molecule has 1 aromatic heterocycles. The van der Waals surface area contributed by atoms with E-state index in [1.807, 2.05) is 6.07 Å². The molecule has 0 amide bonds. The van der Waals surface area contributed by atoms with Crippen LogP contribution in [0.4, 0.5) is 0 Å². The number of nitriles is 1. The summed E-state index contributed by atoms with van der Waals surface area (Å²) in [6, 6.07) is 4.88. The number of rotatable bonds is 4. The predicted octanol–water partition coefficient (Wildman–Crippen LogP) is 3.35. The van der Waals surface area contributed by atoms with Crippen LogP contribution in [0.15, 0.2) is 22.1 Å². The number of hydrogen-bond donors (Lipinski definition) is 1. The highest BCUT2D eigenvalue weighted by Crippen LogP contribution is 2.37. The molecule has 1 N–H and O–H groups in total. The van der Waals surface area contributed by atoms with Gasteiger partial charge in [0.15, 0.2) is 10.9 Å². The number of H-pyrrole nitrogens is 1. The van der Waals surface area contributed by atoms with Crippen molar-refractivity contribution in [3.8, 4) is 35.4 Å². The van der Waals surface area contributed by atoms with Gasteiger partial charge in [0.1, 0.15) is 18.2 Å². The Bertz CT molecular complexity index is 874. The lowest BCUT2D eigenvalue weighted by Gasteiger charge is -2.11. The summed E-state index contributed by atoms with van der Waals surface area (Å²) >= 11 is 13.5. The molecule has 0 unspecified atom stereocenters. The Kier molecular flexibility index (Phi) is 5.57. The zero-order valence-electron chi connectivity index (χ0n) is 11.8. The molecule has 0 aliphatic heterocycles. The molecule has 2 rings (SSSR count). The summed E-state index contributed by atoms with van der Waals surface area (Å²) in [5.74, 6) is 2.55. The lowest BCUT2D eigenvalue weighted by Crippen LogP contribution is -2.14. The molecule has 0 aliphatic rings. The van der Waals surface area contributed by atoms with Gasteiger partial charge in [-0.2, -0.15) is 5.26 Å². The first kappa shape index (κ1) is 17.2. The van der Waals surface area contributed by atoms with Gasteiger partial charge >= 0.3 is 0 Å². The van der Waals surface area contributed by atoms with Crippen LogP contribution < -0.4 is 10.3 Å². The van der Waals surface area contributed by atoms with Crippen molar-refractivity contribution in [3.63, 3.8) is 0 Å². The molecule has 0 aliphatic carbocycles. The summed E-state index contributed by atoms with van der Waals surface area (Å²) in [7, 11) is 0. The number of thioether (sulfide) groups is 1. The Labute approximate surface area is 146 Å². The fraction of sp³-hybridized carbons (Fsp3) is 0.133. The van der Waals surface area contributed by atoms with Crippen LogP contribution in [0, 0.1) is 23.7 Å². The van der Waals surface area contributed by atoms with Crippen molar-refractivity contribution in [2.45, 2.75) is 5.16 Å². The Morgan fingerprint density at radius 1 is 1.43 bits per heavy atom. The zero-order chi connectivity index (χ0) is 17.0. The number of aromatic amines is 1. The lowest BCUT2D eigenvalue weighted by atomic mass is 10.1. The Balaban J connectivity index is 2.64. The van der Waals surface area contributed by atoms with Crippen LogP contribution >= 0.6 is 35.0 Å². The number of aromatic nitrogens is 2. The van der Waals surface area contributed by atoms with Crippen LogP contribution in [-0.4, -0.2) is 22.8 Å². The van der Waals surface area contributed by atoms with Gasteiger partial charge < -0.3 is 9.72 Å². The molecule has 8 heteroatoms. The monoisotopic (exact) mass is 365 g/mol. The van der Waals surface area contributed by atoms with Gasteiger partial charge in [0.25, 0.3) is 5.56 Å². The van der Waals surface area contributed by atoms with Gasteiger partial charge in [0, 0.05) is 5.56 Å². The lowest BCUT2D eigenvalue weighted by molar-refractivity contribution is 0.371. The molecule has 2 aromatic rings. The first-order chi connectivity index (χ1) is 11.0. The Hall–Kier alpha value is -2.12. The molecule has 23 heavy (non-hydrogen) atoms. The first-order valence-electron chi connectivity index (χ1n) is 6.16. The number of nitrogens with zero attached hydrogens (tertiary/aromatic N) is 2. The van der Waals surface area contributed by atoms with Crippen LogP contribution in [0.5, 0.6) is 5.75 Å². The maximum absolute atomic E-state index is 12.0. The van der Waals surface area contributed by atoms with Crippen molar-refractivity contribution < 1.29 is 4.74 Å². The fourth-order valence-corrected chi connectivity index (χ4v) is 2.78. The smallest absolute Gasteiger partial charge is 0.270 e. The predicted molar refractivity (Wildman–Crippen MR) is 91.1 cm³/mol. The topological polar surface area (TPSA) is 78.8 Å². The quantitative estimate of drug-likeness (QED) is 0.510. The van der Waals surface area contributed by atoms with Crippen LogP contribution in [0.25, 0.3) is 11.3 Å². The average Bonchev–Trinajstić information content (AvgIpc) is 2.53. The van der Waals surface area contributed by atoms with Gasteiger partial charge in [0.05, 0.1) is 15.7 Å². The molecule has 1 heterocycles. The summed E-state index contributed by atoms with van der Waals surface area (Å²) in [6.07, 6.45) is 6.89. The Morgan fingerprint density at radius 2 is 2.09 bits per heavy atom. The number of nitrogens with one attached hydrogen (secondary N) is 1. The van der Waals surface area contributed by atoms with E-state index in [9.17, 15) is 10.1 Å². The van der Waals surface area contributed by atoms with E-state index >= 15 is 0 Å². The first-order valence-corrected chi connectivity index (χ1v) is 8.14. The number of halogens is 2. The summed E-state index contributed by atoms with van der Waals surface area (Å²) in [4.78, 5) is 18.7. The van der Waals surface area contributed by atoms with E-state index in [0.29, 0.717) is 10.7 Å². The van der Waals surface area contributed by atoms with Crippen molar-refractivity contribution in [1.29, 1.82) is 5.26 Å². The molecule has 1 aromatic carbocycles. The minimum atomic E-state index is -0.526. The molecule has 116 valence electrons. The van der Waals surface area contributed by atoms with Gasteiger partial charge in [-0.05, 0) is 18.4 Å². The molecule has 0 saturated carbocycles. The second-order valence-corrected chi connectivity index (χ2v) is 5.78. The van der Waals surface area contributed by atoms with Gasteiger partial charge in [0.2, 0.25) is 0 Å². The van der Waals surface area contributed by atoms with E-state index in [0.717, 1.165) is 0 Å². The maximum atomic E-state index is 12.0. The van der Waals surface area contributed by atoms with E-state index < -0.39 is 5.56 Å². The minimum absolute atomic E-state index is 0.0160. The molecule has 0 saturated heterocycles. The third kappa shape index (κ3) is 3.62. The van der Waals surface area contributed by atoms with Crippen LogP contribution in [-0.2, 0) is 0 Å². The molecule has 0 atom stereocenters.